The Morgan fingerprint density at radius 3 is 2.25 bits per heavy atom. The SMILES string of the molecule is CN(C)C(=O)CCNC(=O)CC1(CC(=O)O)CCCC1. The lowest BCUT2D eigenvalue weighted by Crippen LogP contribution is -2.34. The highest BCUT2D eigenvalue weighted by molar-refractivity contribution is 5.80. The molecule has 6 nitrogen and oxygen atoms in total. The molecule has 0 aliphatic heterocycles. The summed E-state index contributed by atoms with van der Waals surface area (Å²) in [4.78, 5) is 35.7. The highest BCUT2D eigenvalue weighted by Gasteiger charge is 2.37. The van der Waals surface area contributed by atoms with Gasteiger partial charge in [0.1, 0.15) is 0 Å². The van der Waals surface area contributed by atoms with Crippen molar-refractivity contribution in [2.75, 3.05) is 20.6 Å². The lowest BCUT2D eigenvalue weighted by atomic mass is 9.79. The van der Waals surface area contributed by atoms with E-state index in [9.17, 15) is 14.4 Å². The van der Waals surface area contributed by atoms with Gasteiger partial charge in [0.25, 0.3) is 0 Å². The molecule has 2 N–H and O–H groups in total. The average Bonchev–Trinajstić information content (AvgIpc) is 2.75. The van der Waals surface area contributed by atoms with E-state index in [1.165, 1.54) is 4.90 Å². The molecule has 0 heterocycles. The molecule has 2 amide bonds. The van der Waals surface area contributed by atoms with Gasteiger partial charge in [-0.05, 0) is 18.3 Å². The zero-order chi connectivity index (χ0) is 15.2. The van der Waals surface area contributed by atoms with Crippen LogP contribution in [0.5, 0.6) is 0 Å². The molecule has 1 aliphatic rings. The molecule has 0 radical (unpaired) electrons. The summed E-state index contributed by atoms with van der Waals surface area (Å²) in [5.41, 5.74) is -0.387. The summed E-state index contributed by atoms with van der Waals surface area (Å²) in [7, 11) is 3.34. The Balaban J connectivity index is 2.39. The number of aliphatic carboxylic acids is 1. The molecule has 1 saturated carbocycles. The van der Waals surface area contributed by atoms with Gasteiger partial charge in [-0.2, -0.15) is 0 Å². The van der Waals surface area contributed by atoms with Crippen molar-refractivity contribution in [1.29, 1.82) is 0 Å². The number of carbonyl (C=O) groups excluding carboxylic acids is 2. The highest BCUT2D eigenvalue weighted by atomic mass is 16.4. The molecule has 0 spiro atoms. The number of nitrogens with one attached hydrogen (secondary N) is 1. The minimum absolute atomic E-state index is 0.0357. The quantitative estimate of drug-likeness (QED) is 0.730. The third-order valence-corrected chi connectivity index (χ3v) is 3.89. The fourth-order valence-electron chi connectivity index (χ4n) is 2.80. The Hall–Kier alpha value is -1.59. The molecule has 0 aromatic carbocycles. The van der Waals surface area contributed by atoms with Gasteiger partial charge in [-0.15, -0.1) is 0 Å². The minimum atomic E-state index is -0.845. The Morgan fingerprint density at radius 2 is 1.75 bits per heavy atom. The van der Waals surface area contributed by atoms with Crippen molar-refractivity contribution in [2.24, 2.45) is 5.41 Å². The summed E-state index contributed by atoms with van der Waals surface area (Å²) in [6.07, 6.45) is 4.13. The van der Waals surface area contributed by atoms with E-state index in [1.54, 1.807) is 14.1 Å². The number of amides is 2. The number of nitrogens with zero attached hydrogens (tertiary/aromatic N) is 1. The van der Waals surface area contributed by atoms with Crippen molar-refractivity contribution < 1.29 is 19.5 Å². The van der Waals surface area contributed by atoms with Crippen LogP contribution in [0.3, 0.4) is 0 Å². The normalized spacial score (nSPS) is 16.7. The number of carboxylic acid groups (broad SMARTS) is 1. The van der Waals surface area contributed by atoms with E-state index < -0.39 is 5.97 Å². The van der Waals surface area contributed by atoms with E-state index in [1.807, 2.05) is 0 Å². The van der Waals surface area contributed by atoms with Crippen LogP contribution >= 0.6 is 0 Å². The second-order valence-electron chi connectivity index (χ2n) is 5.84. The summed E-state index contributed by atoms with van der Waals surface area (Å²) in [5, 5.41) is 11.7. The summed E-state index contributed by atoms with van der Waals surface area (Å²) < 4.78 is 0. The Morgan fingerprint density at radius 1 is 1.15 bits per heavy atom. The zero-order valence-electron chi connectivity index (χ0n) is 12.3. The fourth-order valence-corrected chi connectivity index (χ4v) is 2.80. The van der Waals surface area contributed by atoms with Gasteiger partial charge in [0, 0.05) is 33.5 Å². The summed E-state index contributed by atoms with van der Waals surface area (Å²) in [5.74, 6) is -1.03. The van der Waals surface area contributed by atoms with E-state index in [4.69, 9.17) is 5.11 Å². The lowest BCUT2D eigenvalue weighted by molar-refractivity contribution is -0.140. The number of carbonyl (C=O) groups is 3. The monoisotopic (exact) mass is 284 g/mol. The van der Waals surface area contributed by atoms with Crippen LogP contribution in [0.1, 0.15) is 44.9 Å². The summed E-state index contributed by atoms with van der Waals surface area (Å²) >= 11 is 0. The molecule has 1 fully saturated rings. The van der Waals surface area contributed by atoms with Gasteiger partial charge in [-0.25, -0.2) is 0 Å². The molecule has 1 rings (SSSR count). The Labute approximate surface area is 119 Å². The fraction of sp³-hybridized carbons (Fsp3) is 0.786. The first kappa shape index (κ1) is 16.5. The van der Waals surface area contributed by atoms with Crippen molar-refractivity contribution in [3.63, 3.8) is 0 Å². The van der Waals surface area contributed by atoms with Crippen LogP contribution in [0.25, 0.3) is 0 Å². The highest BCUT2D eigenvalue weighted by Crippen LogP contribution is 2.43. The minimum Gasteiger partial charge on any atom is -0.481 e. The Kier molecular flexibility index (Phi) is 5.98. The van der Waals surface area contributed by atoms with Gasteiger partial charge >= 0.3 is 5.97 Å². The molecular weight excluding hydrogens is 260 g/mol. The van der Waals surface area contributed by atoms with Crippen molar-refractivity contribution in [3.05, 3.63) is 0 Å². The van der Waals surface area contributed by atoms with Crippen molar-refractivity contribution in [3.8, 4) is 0 Å². The zero-order valence-corrected chi connectivity index (χ0v) is 12.3. The molecule has 0 saturated heterocycles. The lowest BCUT2D eigenvalue weighted by Gasteiger charge is -2.26. The predicted octanol–water partition coefficient (Wildman–Crippen LogP) is 1.01. The van der Waals surface area contributed by atoms with E-state index in [0.717, 1.165) is 25.7 Å². The first-order chi connectivity index (χ1) is 9.34. The molecule has 0 aromatic rings. The summed E-state index contributed by atoms with van der Waals surface area (Å²) in [6, 6.07) is 0. The third-order valence-electron chi connectivity index (χ3n) is 3.89. The van der Waals surface area contributed by atoms with Crippen LogP contribution in [-0.2, 0) is 14.4 Å². The molecule has 0 bridgehead atoms. The molecule has 0 unspecified atom stereocenters. The van der Waals surface area contributed by atoms with Gasteiger partial charge in [-0.3, -0.25) is 14.4 Å². The van der Waals surface area contributed by atoms with Gasteiger partial charge in [0.2, 0.25) is 11.8 Å². The van der Waals surface area contributed by atoms with Gasteiger partial charge in [0.05, 0.1) is 6.42 Å². The third kappa shape index (κ3) is 5.19. The van der Waals surface area contributed by atoms with Crippen molar-refractivity contribution in [2.45, 2.75) is 44.9 Å². The number of rotatable bonds is 7. The molecule has 20 heavy (non-hydrogen) atoms. The van der Waals surface area contributed by atoms with E-state index in [2.05, 4.69) is 5.32 Å². The second kappa shape index (κ2) is 7.26. The Bertz CT molecular complexity index is 373. The van der Waals surface area contributed by atoms with Crippen LogP contribution in [0.15, 0.2) is 0 Å². The molecule has 114 valence electrons. The first-order valence-corrected chi connectivity index (χ1v) is 7.03. The van der Waals surface area contributed by atoms with Gasteiger partial charge in [0.15, 0.2) is 0 Å². The first-order valence-electron chi connectivity index (χ1n) is 7.03. The van der Waals surface area contributed by atoms with Crippen LogP contribution in [0, 0.1) is 5.41 Å². The number of carboxylic acids is 1. The molecule has 0 aromatic heterocycles. The maximum Gasteiger partial charge on any atom is 0.303 e. The summed E-state index contributed by atoms with van der Waals surface area (Å²) in [6.45, 7) is 0.305. The maximum absolute atomic E-state index is 11.9. The maximum atomic E-state index is 11.9. The van der Waals surface area contributed by atoms with Crippen LogP contribution < -0.4 is 5.32 Å². The second-order valence-corrected chi connectivity index (χ2v) is 5.84. The van der Waals surface area contributed by atoms with E-state index in [-0.39, 0.29) is 36.5 Å². The van der Waals surface area contributed by atoms with Crippen molar-refractivity contribution in [1.82, 2.24) is 10.2 Å². The topological polar surface area (TPSA) is 86.7 Å². The van der Waals surface area contributed by atoms with Gasteiger partial charge < -0.3 is 15.3 Å². The van der Waals surface area contributed by atoms with Gasteiger partial charge in [-0.1, -0.05) is 12.8 Å². The predicted molar refractivity (Wildman–Crippen MR) is 74.1 cm³/mol. The van der Waals surface area contributed by atoms with E-state index >= 15 is 0 Å². The average molecular weight is 284 g/mol. The smallest absolute Gasteiger partial charge is 0.303 e. The van der Waals surface area contributed by atoms with Crippen LogP contribution in [0.2, 0.25) is 0 Å². The molecular formula is C14H24N2O4. The van der Waals surface area contributed by atoms with Crippen molar-refractivity contribution >= 4 is 17.8 Å². The largest absolute Gasteiger partial charge is 0.481 e. The van der Waals surface area contributed by atoms with Crippen LogP contribution in [-0.4, -0.2) is 48.4 Å². The van der Waals surface area contributed by atoms with E-state index in [0.29, 0.717) is 6.54 Å². The molecule has 0 atom stereocenters. The number of hydrogen-bond donors (Lipinski definition) is 2. The molecule has 1 aliphatic carbocycles. The molecule has 6 heteroatoms. The standard InChI is InChI=1S/C14H24N2O4/c1-16(2)12(18)5-8-15-11(17)9-14(10-13(19)20)6-3-4-7-14/h3-10H2,1-2H3,(H,15,17)(H,19,20). The van der Waals surface area contributed by atoms with Crippen LogP contribution in [0.4, 0.5) is 0 Å². The number of hydrogen-bond acceptors (Lipinski definition) is 3.